The number of nitrogens with one attached hydrogen (secondary N) is 1. The van der Waals surface area contributed by atoms with Gasteiger partial charge in [-0.3, -0.25) is 0 Å². The van der Waals surface area contributed by atoms with E-state index >= 15 is 0 Å². The Bertz CT molecular complexity index is 372. The maximum absolute atomic E-state index is 11.6. The predicted molar refractivity (Wildman–Crippen MR) is 69.9 cm³/mol. The summed E-state index contributed by atoms with van der Waals surface area (Å²) in [6.07, 6.45) is 2.93. The zero-order valence-electron chi connectivity index (χ0n) is 9.70. The van der Waals surface area contributed by atoms with E-state index in [-0.39, 0.29) is 12.3 Å². The Balaban J connectivity index is 4.54. The number of halogens is 1. The number of allylic oxidation sites excluding steroid dienone is 3. The van der Waals surface area contributed by atoms with Crippen molar-refractivity contribution in [2.24, 2.45) is 0 Å². The zero-order chi connectivity index (χ0) is 12.8. The molecule has 0 aromatic heterocycles. The second-order valence-electron chi connectivity index (χ2n) is 3.58. The summed E-state index contributed by atoms with van der Waals surface area (Å²) < 4.78 is 26.2. The number of hydrogen-bond acceptors (Lipinski definition) is 3. The Hall–Kier alpha value is -0.170. The van der Waals surface area contributed by atoms with E-state index in [4.69, 9.17) is 5.11 Å². The van der Waals surface area contributed by atoms with Gasteiger partial charge in [0.05, 0.1) is 11.9 Å². The second-order valence-corrected chi connectivity index (χ2v) is 6.25. The van der Waals surface area contributed by atoms with Crippen molar-refractivity contribution in [2.75, 3.05) is 12.3 Å². The van der Waals surface area contributed by atoms with E-state index in [2.05, 4.69) is 20.7 Å². The van der Waals surface area contributed by atoms with Crippen molar-refractivity contribution in [1.82, 2.24) is 4.72 Å². The highest BCUT2D eigenvalue weighted by Crippen LogP contribution is 2.14. The van der Waals surface area contributed by atoms with E-state index in [9.17, 15) is 8.42 Å². The molecule has 4 nitrogen and oxygen atoms in total. The fourth-order valence-electron chi connectivity index (χ4n) is 0.941. The SMILES string of the molecule is C/C=C\C(Br)=C(/C)CS(=O)(=O)NC[C@H](C)O. The average Bonchev–Trinajstić information content (AvgIpc) is 2.14. The molecule has 0 unspecified atom stereocenters. The number of aliphatic hydroxyl groups is 1. The first-order chi connectivity index (χ1) is 7.28. The summed E-state index contributed by atoms with van der Waals surface area (Å²) >= 11 is 3.29. The molecule has 0 aromatic carbocycles. The number of rotatable bonds is 6. The monoisotopic (exact) mass is 311 g/mol. The van der Waals surface area contributed by atoms with E-state index in [1.165, 1.54) is 6.92 Å². The molecule has 0 radical (unpaired) electrons. The molecule has 0 aliphatic rings. The lowest BCUT2D eigenvalue weighted by Gasteiger charge is -2.09. The van der Waals surface area contributed by atoms with Crippen molar-refractivity contribution in [3.63, 3.8) is 0 Å². The third kappa shape index (κ3) is 7.16. The maximum Gasteiger partial charge on any atom is 0.215 e. The lowest BCUT2D eigenvalue weighted by atomic mass is 10.3. The lowest BCUT2D eigenvalue weighted by Crippen LogP contribution is -2.32. The smallest absolute Gasteiger partial charge is 0.215 e. The minimum absolute atomic E-state index is 0.0385. The Labute approximate surface area is 106 Å². The van der Waals surface area contributed by atoms with Crippen molar-refractivity contribution < 1.29 is 13.5 Å². The molecular weight excluding hydrogens is 294 g/mol. The molecule has 94 valence electrons. The molecule has 0 aliphatic carbocycles. The average molecular weight is 312 g/mol. The Morgan fingerprint density at radius 2 is 2.12 bits per heavy atom. The molecule has 0 amide bonds. The van der Waals surface area contributed by atoms with Gasteiger partial charge in [-0.05, 0) is 26.3 Å². The minimum Gasteiger partial charge on any atom is -0.392 e. The maximum atomic E-state index is 11.6. The first kappa shape index (κ1) is 15.8. The summed E-state index contributed by atoms with van der Waals surface area (Å²) in [5, 5.41) is 8.98. The molecule has 0 heterocycles. The summed E-state index contributed by atoms with van der Waals surface area (Å²) in [7, 11) is -3.37. The molecule has 0 saturated carbocycles. The van der Waals surface area contributed by atoms with Crippen LogP contribution in [0.15, 0.2) is 22.2 Å². The normalized spacial score (nSPS) is 16.3. The van der Waals surface area contributed by atoms with E-state index in [0.29, 0.717) is 0 Å². The molecule has 0 aliphatic heterocycles. The van der Waals surface area contributed by atoms with Crippen molar-refractivity contribution in [3.05, 3.63) is 22.2 Å². The van der Waals surface area contributed by atoms with E-state index in [1.807, 2.05) is 13.0 Å². The minimum atomic E-state index is -3.37. The van der Waals surface area contributed by atoms with Crippen LogP contribution < -0.4 is 4.72 Å². The topological polar surface area (TPSA) is 66.4 Å². The van der Waals surface area contributed by atoms with Crippen molar-refractivity contribution in [1.29, 1.82) is 0 Å². The third-order valence-electron chi connectivity index (χ3n) is 1.73. The first-order valence-electron chi connectivity index (χ1n) is 4.92. The molecule has 2 N–H and O–H groups in total. The van der Waals surface area contributed by atoms with Crippen LogP contribution in [0.1, 0.15) is 20.8 Å². The van der Waals surface area contributed by atoms with Crippen LogP contribution in [0.2, 0.25) is 0 Å². The Morgan fingerprint density at radius 1 is 1.56 bits per heavy atom. The van der Waals surface area contributed by atoms with E-state index in [1.54, 1.807) is 13.0 Å². The Kier molecular flexibility index (Phi) is 7.14. The third-order valence-corrected chi connectivity index (χ3v) is 4.09. The van der Waals surface area contributed by atoms with Gasteiger partial charge in [0.25, 0.3) is 0 Å². The molecule has 1 atom stereocenters. The van der Waals surface area contributed by atoms with Gasteiger partial charge >= 0.3 is 0 Å². The lowest BCUT2D eigenvalue weighted by molar-refractivity contribution is 0.198. The molecule has 0 fully saturated rings. The van der Waals surface area contributed by atoms with E-state index in [0.717, 1.165) is 10.1 Å². The van der Waals surface area contributed by atoms with Gasteiger partial charge in [0, 0.05) is 11.0 Å². The van der Waals surface area contributed by atoms with E-state index < -0.39 is 16.1 Å². The quantitative estimate of drug-likeness (QED) is 0.731. The fourth-order valence-corrected chi connectivity index (χ4v) is 2.85. The van der Waals surface area contributed by atoms with Gasteiger partial charge < -0.3 is 5.11 Å². The van der Waals surface area contributed by atoms with Crippen molar-refractivity contribution in [3.8, 4) is 0 Å². The highest BCUT2D eigenvalue weighted by molar-refractivity contribution is 9.11. The van der Waals surface area contributed by atoms with Gasteiger partial charge in [0.15, 0.2) is 0 Å². The van der Waals surface area contributed by atoms with Crippen LogP contribution in [-0.4, -0.2) is 31.9 Å². The molecule has 16 heavy (non-hydrogen) atoms. The van der Waals surface area contributed by atoms with Gasteiger partial charge in [-0.15, -0.1) is 0 Å². The molecule has 0 rings (SSSR count). The van der Waals surface area contributed by atoms with Crippen LogP contribution in [0.5, 0.6) is 0 Å². The highest BCUT2D eigenvalue weighted by atomic mass is 79.9. The van der Waals surface area contributed by atoms with Crippen LogP contribution in [-0.2, 0) is 10.0 Å². The van der Waals surface area contributed by atoms with Crippen LogP contribution >= 0.6 is 15.9 Å². The summed E-state index contributed by atoms with van der Waals surface area (Å²) in [6, 6.07) is 0. The number of sulfonamides is 1. The van der Waals surface area contributed by atoms with Crippen molar-refractivity contribution >= 4 is 26.0 Å². The van der Waals surface area contributed by atoms with Crippen LogP contribution in [0.4, 0.5) is 0 Å². The summed E-state index contributed by atoms with van der Waals surface area (Å²) in [5.41, 5.74) is 0.719. The highest BCUT2D eigenvalue weighted by Gasteiger charge is 2.12. The Morgan fingerprint density at radius 3 is 2.56 bits per heavy atom. The van der Waals surface area contributed by atoms with Crippen LogP contribution in [0, 0.1) is 0 Å². The summed E-state index contributed by atoms with van der Waals surface area (Å²) in [5.74, 6) is -0.0787. The first-order valence-corrected chi connectivity index (χ1v) is 7.36. The van der Waals surface area contributed by atoms with Gasteiger partial charge in [0.2, 0.25) is 10.0 Å². The molecule has 0 aromatic rings. The van der Waals surface area contributed by atoms with Gasteiger partial charge in [-0.2, -0.15) is 0 Å². The fraction of sp³-hybridized carbons (Fsp3) is 0.600. The summed E-state index contributed by atoms with van der Waals surface area (Å²) in [6.45, 7) is 5.16. The molecule has 6 heteroatoms. The number of hydrogen-bond donors (Lipinski definition) is 2. The predicted octanol–water partition coefficient (Wildman–Crippen LogP) is 1.53. The second kappa shape index (κ2) is 7.21. The van der Waals surface area contributed by atoms with Crippen molar-refractivity contribution in [2.45, 2.75) is 26.9 Å². The number of aliphatic hydroxyl groups excluding tert-OH is 1. The summed E-state index contributed by atoms with van der Waals surface area (Å²) in [4.78, 5) is 0. The zero-order valence-corrected chi connectivity index (χ0v) is 12.1. The van der Waals surface area contributed by atoms with Gasteiger partial charge in [0.1, 0.15) is 0 Å². The molecular formula is C10H18BrNO3S. The molecule has 0 bridgehead atoms. The standard InChI is InChI=1S/C10H18BrNO3S/c1-4-5-10(11)8(2)7-16(14,15)12-6-9(3)13/h4-5,9,12-13H,6-7H2,1-3H3/b5-4-,10-8-/t9-/m0/s1. The molecule has 0 spiro atoms. The largest absolute Gasteiger partial charge is 0.392 e. The molecule has 0 saturated heterocycles. The van der Waals surface area contributed by atoms with Gasteiger partial charge in [-0.1, -0.05) is 28.1 Å². The van der Waals surface area contributed by atoms with Crippen LogP contribution in [0.25, 0.3) is 0 Å². The van der Waals surface area contributed by atoms with Gasteiger partial charge in [-0.25, -0.2) is 13.1 Å². The van der Waals surface area contributed by atoms with Crippen LogP contribution in [0.3, 0.4) is 0 Å².